The lowest BCUT2D eigenvalue weighted by Gasteiger charge is -2.33. The molecule has 1 fully saturated rings. The number of benzene rings is 1. The van der Waals surface area contributed by atoms with Gasteiger partial charge in [0.25, 0.3) is 0 Å². The maximum absolute atomic E-state index is 11.7. The summed E-state index contributed by atoms with van der Waals surface area (Å²) in [5.74, 6) is 0.752. The van der Waals surface area contributed by atoms with Gasteiger partial charge in [-0.1, -0.05) is 24.1 Å². The van der Waals surface area contributed by atoms with Crippen LogP contribution in [0, 0.1) is 6.92 Å². The Kier molecular flexibility index (Phi) is 5.41. The summed E-state index contributed by atoms with van der Waals surface area (Å²) >= 11 is 0. The monoisotopic (exact) mass is 277 g/mol. The van der Waals surface area contributed by atoms with Gasteiger partial charge in [-0.05, 0) is 38.4 Å². The number of ether oxygens (including phenoxy) is 2. The summed E-state index contributed by atoms with van der Waals surface area (Å²) in [6, 6.07) is 7.92. The van der Waals surface area contributed by atoms with Crippen molar-refractivity contribution in [3.05, 3.63) is 29.8 Å². The zero-order chi connectivity index (χ0) is 14.4. The molecule has 0 aromatic heterocycles. The highest BCUT2D eigenvalue weighted by Gasteiger charge is 2.28. The smallest absolute Gasteiger partial charge is 0.323 e. The largest absolute Gasteiger partial charge is 0.492 e. The maximum Gasteiger partial charge on any atom is 0.323 e. The van der Waals surface area contributed by atoms with Crippen molar-refractivity contribution in [1.82, 2.24) is 4.90 Å². The highest BCUT2D eigenvalue weighted by molar-refractivity contribution is 5.75. The van der Waals surface area contributed by atoms with Gasteiger partial charge in [0.2, 0.25) is 0 Å². The summed E-state index contributed by atoms with van der Waals surface area (Å²) in [5.41, 5.74) is 1.22. The van der Waals surface area contributed by atoms with E-state index < -0.39 is 0 Å². The molecule has 0 radical (unpaired) electrons. The molecule has 0 unspecified atom stereocenters. The van der Waals surface area contributed by atoms with Gasteiger partial charge in [0.1, 0.15) is 18.4 Å². The van der Waals surface area contributed by atoms with Gasteiger partial charge in [-0.2, -0.15) is 0 Å². The summed E-state index contributed by atoms with van der Waals surface area (Å²) in [7, 11) is 1.46. The molecule has 0 saturated carbocycles. The van der Waals surface area contributed by atoms with Gasteiger partial charge < -0.3 is 9.47 Å². The summed E-state index contributed by atoms with van der Waals surface area (Å²) in [6.45, 7) is 4.35. The Labute approximate surface area is 120 Å². The molecule has 1 heterocycles. The van der Waals surface area contributed by atoms with E-state index in [0.717, 1.165) is 38.1 Å². The van der Waals surface area contributed by atoms with E-state index in [1.54, 1.807) is 0 Å². The maximum atomic E-state index is 11.7. The zero-order valence-electron chi connectivity index (χ0n) is 12.3. The minimum atomic E-state index is -0.125. The van der Waals surface area contributed by atoms with E-state index in [9.17, 15) is 4.79 Å². The molecule has 1 aliphatic rings. The fourth-order valence-corrected chi connectivity index (χ4v) is 2.58. The molecule has 20 heavy (non-hydrogen) atoms. The standard InChI is InChI=1S/C16H23NO3/c1-13-6-8-14(9-7-13)20-12-11-17-10-4-3-5-15(17)16(18)19-2/h6-9,15H,3-5,10-12H2,1-2H3/t15-/m1/s1. The second-order valence-electron chi connectivity index (χ2n) is 5.23. The van der Waals surface area contributed by atoms with Gasteiger partial charge in [-0.3, -0.25) is 9.69 Å². The molecule has 2 rings (SSSR count). The summed E-state index contributed by atoms with van der Waals surface area (Å²) in [6.07, 6.45) is 3.12. The van der Waals surface area contributed by atoms with E-state index in [-0.39, 0.29) is 12.0 Å². The molecule has 0 amide bonds. The van der Waals surface area contributed by atoms with Crippen LogP contribution in [0.3, 0.4) is 0 Å². The number of hydrogen-bond acceptors (Lipinski definition) is 4. The van der Waals surface area contributed by atoms with Crippen LogP contribution in [-0.4, -0.2) is 43.7 Å². The predicted molar refractivity (Wildman–Crippen MR) is 77.9 cm³/mol. The van der Waals surface area contributed by atoms with Crippen LogP contribution in [0.15, 0.2) is 24.3 Å². The van der Waals surface area contributed by atoms with Crippen LogP contribution in [0.5, 0.6) is 5.75 Å². The van der Waals surface area contributed by atoms with Crippen molar-refractivity contribution >= 4 is 5.97 Å². The van der Waals surface area contributed by atoms with Crippen LogP contribution in [0.4, 0.5) is 0 Å². The van der Waals surface area contributed by atoms with E-state index in [1.165, 1.54) is 12.7 Å². The third kappa shape index (κ3) is 3.97. The molecular weight excluding hydrogens is 254 g/mol. The van der Waals surface area contributed by atoms with Gasteiger partial charge in [-0.15, -0.1) is 0 Å². The Morgan fingerprint density at radius 1 is 1.30 bits per heavy atom. The fourth-order valence-electron chi connectivity index (χ4n) is 2.58. The Hall–Kier alpha value is -1.55. The van der Waals surface area contributed by atoms with Crippen molar-refractivity contribution in [1.29, 1.82) is 0 Å². The molecule has 0 aliphatic carbocycles. The number of rotatable bonds is 5. The average molecular weight is 277 g/mol. The van der Waals surface area contributed by atoms with Gasteiger partial charge in [0.15, 0.2) is 0 Å². The quantitative estimate of drug-likeness (QED) is 0.775. The number of methoxy groups -OCH3 is 1. The third-order valence-electron chi connectivity index (χ3n) is 3.76. The molecule has 0 spiro atoms. The highest BCUT2D eigenvalue weighted by Crippen LogP contribution is 2.18. The number of likely N-dealkylation sites (tertiary alicyclic amines) is 1. The lowest BCUT2D eigenvalue weighted by atomic mass is 10.0. The van der Waals surface area contributed by atoms with Crippen LogP contribution in [0.2, 0.25) is 0 Å². The second-order valence-corrected chi connectivity index (χ2v) is 5.23. The van der Waals surface area contributed by atoms with Crippen LogP contribution in [0.1, 0.15) is 24.8 Å². The second kappa shape index (κ2) is 7.29. The Balaban J connectivity index is 1.82. The van der Waals surface area contributed by atoms with E-state index in [4.69, 9.17) is 9.47 Å². The molecule has 4 nitrogen and oxygen atoms in total. The van der Waals surface area contributed by atoms with Crippen LogP contribution in [0.25, 0.3) is 0 Å². The van der Waals surface area contributed by atoms with Crippen molar-refractivity contribution < 1.29 is 14.3 Å². The lowest BCUT2D eigenvalue weighted by Crippen LogP contribution is -2.46. The molecule has 4 heteroatoms. The number of piperidine rings is 1. The molecule has 1 aromatic carbocycles. The highest BCUT2D eigenvalue weighted by atomic mass is 16.5. The summed E-state index contributed by atoms with van der Waals surface area (Å²) < 4.78 is 10.6. The third-order valence-corrected chi connectivity index (χ3v) is 3.76. The molecule has 110 valence electrons. The van der Waals surface area contributed by atoms with E-state index in [0.29, 0.717) is 6.61 Å². The fraction of sp³-hybridized carbons (Fsp3) is 0.562. The van der Waals surface area contributed by atoms with Crippen molar-refractivity contribution in [3.8, 4) is 5.75 Å². The Morgan fingerprint density at radius 3 is 2.75 bits per heavy atom. The lowest BCUT2D eigenvalue weighted by molar-refractivity contribution is -0.148. The van der Waals surface area contributed by atoms with Crippen molar-refractivity contribution in [2.75, 3.05) is 26.8 Å². The first-order valence-electron chi connectivity index (χ1n) is 7.22. The first-order chi connectivity index (χ1) is 9.70. The van der Waals surface area contributed by atoms with Crippen molar-refractivity contribution in [2.45, 2.75) is 32.2 Å². The first kappa shape index (κ1) is 14.9. The van der Waals surface area contributed by atoms with Crippen LogP contribution in [-0.2, 0) is 9.53 Å². The van der Waals surface area contributed by atoms with Crippen molar-refractivity contribution in [3.63, 3.8) is 0 Å². The van der Waals surface area contributed by atoms with Crippen LogP contribution >= 0.6 is 0 Å². The van der Waals surface area contributed by atoms with E-state index in [1.807, 2.05) is 24.3 Å². The van der Waals surface area contributed by atoms with Crippen molar-refractivity contribution in [2.24, 2.45) is 0 Å². The molecule has 0 N–H and O–H groups in total. The van der Waals surface area contributed by atoms with Gasteiger partial charge in [0.05, 0.1) is 7.11 Å². The average Bonchev–Trinajstić information content (AvgIpc) is 2.49. The Bertz CT molecular complexity index is 430. The van der Waals surface area contributed by atoms with E-state index >= 15 is 0 Å². The number of carbonyl (C=O) groups excluding carboxylic acids is 1. The molecule has 1 aliphatic heterocycles. The van der Waals surface area contributed by atoms with E-state index in [2.05, 4.69) is 11.8 Å². The molecular formula is C16H23NO3. The SMILES string of the molecule is COC(=O)[C@H]1CCCCN1CCOc1ccc(C)cc1. The minimum Gasteiger partial charge on any atom is -0.492 e. The number of hydrogen-bond donors (Lipinski definition) is 0. The molecule has 1 aromatic rings. The Morgan fingerprint density at radius 2 is 2.05 bits per heavy atom. The summed E-state index contributed by atoms with van der Waals surface area (Å²) in [4.78, 5) is 13.9. The number of esters is 1. The zero-order valence-corrected chi connectivity index (χ0v) is 12.3. The summed E-state index contributed by atoms with van der Waals surface area (Å²) in [5, 5.41) is 0. The predicted octanol–water partition coefficient (Wildman–Crippen LogP) is 2.40. The number of nitrogens with zero attached hydrogens (tertiary/aromatic N) is 1. The topological polar surface area (TPSA) is 38.8 Å². The normalized spacial score (nSPS) is 19.6. The molecule has 1 saturated heterocycles. The van der Waals surface area contributed by atoms with Crippen LogP contribution < -0.4 is 4.74 Å². The first-order valence-corrected chi connectivity index (χ1v) is 7.22. The van der Waals surface area contributed by atoms with Gasteiger partial charge in [-0.25, -0.2) is 0 Å². The molecule has 0 bridgehead atoms. The number of carbonyl (C=O) groups is 1. The molecule has 1 atom stereocenters. The van der Waals surface area contributed by atoms with Gasteiger partial charge >= 0.3 is 5.97 Å². The minimum absolute atomic E-state index is 0.102. The van der Waals surface area contributed by atoms with Gasteiger partial charge in [0, 0.05) is 6.54 Å². The number of aryl methyl sites for hydroxylation is 1.